The number of likely N-dealkylation sites (tertiary alicyclic amines) is 1. The van der Waals surface area contributed by atoms with Crippen molar-refractivity contribution in [2.24, 2.45) is 0 Å². The van der Waals surface area contributed by atoms with E-state index in [1.165, 1.54) is 6.07 Å². The Balaban J connectivity index is 2.01. The molecule has 1 N–H and O–H groups in total. The van der Waals surface area contributed by atoms with Crippen LogP contribution in [-0.4, -0.2) is 44.5 Å². The van der Waals surface area contributed by atoms with Crippen LogP contribution in [0.5, 0.6) is 0 Å². The fourth-order valence-electron chi connectivity index (χ4n) is 2.53. The molecule has 0 bridgehead atoms. The van der Waals surface area contributed by atoms with E-state index >= 15 is 0 Å². The Labute approximate surface area is 119 Å². The van der Waals surface area contributed by atoms with Crippen molar-refractivity contribution < 1.29 is 9.18 Å². The van der Waals surface area contributed by atoms with Gasteiger partial charge < -0.3 is 15.1 Å². The van der Waals surface area contributed by atoms with Gasteiger partial charge in [0, 0.05) is 26.7 Å². The third kappa shape index (κ3) is 3.48. The van der Waals surface area contributed by atoms with Crippen molar-refractivity contribution in [2.45, 2.75) is 19.4 Å². The third-order valence-electron chi connectivity index (χ3n) is 3.64. The van der Waals surface area contributed by atoms with E-state index in [0.717, 1.165) is 31.5 Å². The topological polar surface area (TPSA) is 35.6 Å². The zero-order valence-electron chi connectivity index (χ0n) is 12.2. The number of carbonyl (C=O) groups excluding carboxylic acids is 1. The number of nitrogens with zero attached hydrogens (tertiary/aromatic N) is 2. The van der Waals surface area contributed by atoms with Crippen molar-refractivity contribution in [1.29, 1.82) is 0 Å². The van der Waals surface area contributed by atoms with Gasteiger partial charge in [0.15, 0.2) is 0 Å². The molecule has 0 spiro atoms. The van der Waals surface area contributed by atoms with Gasteiger partial charge in [-0.3, -0.25) is 4.79 Å². The van der Waals surface area contributed by atoms with Crippen LogP contribution in [-0.2, 0) is 11.3 Å². The minimum absolute atomic E-state index is 0.0729. The number of hydrogen-bond acceptors (Lipinski definition) is 3. The molecule has 20 heavy (non-hydrogen) atoms. The molecule has 0 aliphatic carbocycles. The highest BCUT2D eigenvalue weighted by Gasteiger charge is 2.20. The van der Waals surface area contributed by atoms with Gasteiger partial charge in [0.1, 0.15) is 5.82 Å². The molecule has 0 aromatic heterocycles. The molecule has 110 valence electrons. The van der Waals surface area contributed by atoms with Crippen LogP contribution in [0.3, 0.4) is 0 Å². The molecule has 1 fully saturated rings. The number of anilines is 1. The van der Waals surface area contributed by atoms with Gasteiger partial charge in [-0.1, -0.05) is 6.07 Å². The fourth-order valence-corrected chi connectivity index (χ4v) is 2.53. The molecular weight excluding hydrogens is 257 g/mol. The number of halogens is 1. The summed E-state index contributed by atoms with van der Waals surface area (Å²) in [6.45, 7) is 2.52. The van der Waals surface area contributed by atoms with Crippen molar-refractivity contribution in [2.75, 3.05) is 38.6 Å². The van der Waals surface area contributed by atoms with E-state index in [1.54, 1.807) is 18.0 Å². The fraction of sp³-hybridized carbons (Fsp3) is 0.533. The van der Waals surface area contributed by atoms with Crippen molar-refractivity contribution in [3.05, 3.63) is 29.6 Å². The zero-order chi connectivity index (χ0) is 14.5. The predicted molar refractivity (Wildman–Crippen MR) is 78.2 cm³/mol. The van der Waals surface area contributed by atoms with E-state index in [9.17, 15) is 9.18 Å². The van der Waals surface area contributed by atoms with Gasteiger partial charge in [-0.15, -0.1) is 0 Å². The lowest BCUT2D eigenvalue weighted by atomic mass is 10.2. The summed E-state index contributed by atoms with van der Waals surface area (Å²) in [5, 5.41) is 2.99. The second kappa shape index (κ2) is 6.70. The van der Waals surface area contributed by atoms with E-state index in [4.69, 9.17) is 0 Å². The number of hydrogen-bond donors (Lipinski definition) is 1. The minimum atomic E-state index is -0.283. The molecule has 1 aliphatic rings. The molecule has 0 radical (unpaired) electrons. The summed E-state index contributed by atoms with van der Waals surface area (Å²) in [5.41, 5.74) is 1.37. The Morgan fingerprint density at radius 3 is 2.70 bits per heavy atom. The van der Waals surface area contributed by atoms with E-state index in [2.05, 4.69) is 5.32 Å². The lowest BCUT2D eigenvalue weighted by molar-refractivity contribution is -0.128. The molecular formula is C15H22FN3O. The molecule has 2 rings (SSSR count). The first-order chi connectivity index (χ1) is 9.61. The number of benzene rings is 1. The highest BCUT2D eigenvalue weighted by atomic mass is 19.1. The second-order valence-electron chi connectivity index (χ2n) is 5.26. The van der Waals surface area contributed by atoms with Gasteiger partial charge in [-0.25, -0.2) is 4.39 Å². The summed E-state index contributed by atoms with van der Waals surface area (Å²) < 4.78 is 14.1. The number of carbonyl (C=O) groups is 1. The Bertz CT molecular complexity index is 472. The van der Waals surface area contributed by atoms with Crippen molar-refractivity contribution in [3.63, 3.8) is 0 Å². The van der Waals surface area contributed by atoms with Gasteiger partial charge in [-0.2, -0.15) is 0 Å². The SMILES string of the molecule is CNCc1ccc(N(C)CC(=O)N2CCCC2)c(F)c1. The predicted octanol–water partition coefficient (Wildman–Crippen LogP) is 1.60. The maximum atomic E-state index is 14.1. The maximum absolute atomic E-state index is 14.1. The standard InChI is InChI=1S/C15H22FN3O/c1-17-10-12-5-6-14(13(16)9-12)18(2)11-15(20)19-7-3-4-8-19/h5-6,9,17H,3-4,7-8,10-11H2,1-2H3. The highest BCUT2D eigenvalue weighted by Crippen LogP contribution is 2.20. The van der Waals surface area contributed by atoms with Crippen LogP contribution < -0.4 is 10.2 Å². The molecule has 0 saturated carbocycles. The van der Waals surface area contributed by atoms with Crippen LogP contribution in [0.25, 0.3) is 0 Å². The van der Waals surface area contributed by atoms with E-state index in [1.807, 2.05) is 18.0 Å². The normalized spacial score (nSPS) is 14.7. The number of amides is 1. The number of nitrogens with one attached hydrogen (secondary N) is 1. The third-order valence-corrected chi connectivity index (χ3v) is 3.64. The van der Waals surface area contributed by atoms with Gasteiger partial charge >= 0.3 is 0 Å². The van der Waals surface area contributed by atoms with Crippen LogP contribution in [0, 0.1) is 5.82 Å². The molecule has 1 aromatic rings. The molecule has 0 unspecified atom stereocenters. The summed E-state index contributed by atoms with van der Waals surface area (Å²) in [5.74, 6) is -0.210. The summed E-state index contributed by atoms with van der Waals surface area (Å²) in [6.07, 6.45) is 2.14. The summed E-state index contributed by atoms with van der Waals surface area (Å²) in [7, 11) is 3.58. The van der Waals surface area contributed by atoms with Crippen LogP contribution >= 0.6 is 0 Å². The molecule has 1 aliphatic heterocycles. The van der Waals surface area contributed by atoms with Gasteiger partial charge in [0.05, 0.1) is 12.2 Å². The molecule has 1 saturated heterocycles. The minimum Gasteiger partial charge on any atom is -0.363 e. The van der Waals surface area contributed by atoms with E-state index in [0.29, 0.717) is 12.2 Å². The van der Waals surface area contributed by atoms with Crippen molar-refractivity contribution in [3.8, 4) is 0 Å². The van der Waals surface area contributed by atoms with Crippen LogP contribution in [0.4, 0.5) is 10.1 Å². The molecule has 0 atom stereocenters. The van der Waals surface area contributed by atoms with Gasteiger partial charge in [-0.05, 0) is 37.6 Å². The Kier molecular flexibility index (Phi) is 4.95. The largest absolute Gasteiger partial charge is 0.363 e. The lowest BCUT2D eigenvalue weighted by Crippen LogP contribution is -2.37. The summed E-state index contributed by atoms with van der Waals surface area (Å²) in [4.78, 5) is 15.6. The maximum Gasteiger partial charge on any atom is 0.242 e. The van der Waals surface area contributed by atoms with Crippen molar-refractivity contribution in [1.82, 2.24) is 10.2 Å². The average Bonchev–Trinajstić information content (AvgIpc) is 2.93. The lowest BCUT2D eigenvalue weighted by Gasteiger charge is -2.23. The van der Waals surface area contributed by atoms with Gasteiger partial charge in [0.25, 0.3) is 0 Å². The van der Waals surface area contributed by atoms with E-state index in [-0.39, 0.29) is 18.3 Å². The first kappa shape index (κ1) is 14.8. The summed E-state index contributed by atoms with van der Waals surface area (Å²) in [6, 6.07) is 5.13. The first-order valence-corrected chi connectivity index (χ1v) is 7.03. The summed E-state index contributed by atoms with van der Waals surface area (Å²) >= 11 is 0. The molecule has 1 amide bonds. The van der Waals surface area contributed by atoms with Crippen molar-refractivity contribution >= 4 is 11.6 Å². The average molecular weight is 279 g/mol. The second-order valence-corrected chi connectivity index (χ2v) is 5.26. The molecule has 4 nitrogen and oxygen atoms in total. The Hall–Kier alpha value is -1.62. The molecule has 5 heteroatoms. The highest BCUT2D eigenvalue weighted by molar-refractivity contribution is 5.81. The first-order valence-electron chi connectivity index (χ1n) is 7.03. The van der Waals surface area contributed by atoms with Gasteiger partial charge in [0.2, 0.25) is 5.91 Å². The van der Waals surface area contributed by atoms with Crippen LogP contribution in [0.2, 0.25) is 0 Å². The smallest absolute Gasteiger partial charge is 0.242 e. The zero-order valence-corrected chi connectivity index (χ0v) is 12.2. The van der Waals surface area contributed by atoms with E-state index < -0.39 is 0 Å². The quantitative estimate of drug-likeness (QED) is 0.889. The number of likely N-dealkylation sites (N-methyl/N-ethyl adjacent to an activating group) is 1. The number of rotatable bonds is 5. The van der Waals surface area contributed by atoms with Crippen LogP contribution in [0.15, 0.2) is 18.2 Å². The molecule has 1 heterocycles. The van der Waals surface area contributed by atoms with Crippen LogP contribution in [0.1, 0.15) is 18.4 Å². The Morgan fingerprint density at radius 2 is 2.10 bits per heavy atom. The monoisotopic (exact) mass is 279 g/mol. The molecule has 1 aromatic carbocycles. The Morgan fingerprint density at radius 1 is 1.40 bits per heavy atom.